The fourth-order valence-electron chi connectivity index (χ4n) is 2.74. The van der Waals surface area contributed by atoms with E-state index in [0.717, 1.165) is 18.2 Å². The molecule has 1 N–H and O–H groups in total. The Kier molecular flexibility index (Phi) is 4.43. The van der Waals surface area contributed by atoms with E-state index in [1.165, 1.54) is 31.2 Å². The smallest absolute Gasteiger partial charge is 0.123 e. The number of para-hydroxylation sites is 1. The average Bonchev–Trinajstić information content (AvgIpc) is 2.90. The van der Waals surface area contributed by atoms with Crippen molar-refractivity contribution in [3.8, 4) is 5.75 Å². The van der Waals surface area contributed by atoms with Crippen LogP contribution >= 0.6 is 0 Å². The third kappa shape index (κ3) is 3.22. The lowest BCUT2D eigenvalue weighted by atomic mass is 9.99. The summed E-state index contributed by atoms with van der Waals surface area (Å²) in [4.78, 5) is 0. The third-order valence-corrected chi connectivity index (χ3v) is 3.91. The highest BCUT2D eigenvalue weighted by Gasteiger charge is 2.21. The molecule has 2 nitrogen and oxygen atoms in total. The van der Waals surface area contributed by atoms with Crippen LogP contribution in [0.1, 0.15) is 38.2 Å². The van der Waals surface area contributed by atoms with Gasteiger partial charge in [-0.05, 0) is 31.7 Å². The molecule has 1 aliphatic carbocycles. The second kappa shape index (κ2) is 6.06. The molecule has 0 bridgehead atoms. The van der Waals surface area contributed by atoms with Gasteiger partial charge in [0, 0.05) is 18.2 Å². The Morgan fingerprint density at radius 2 is 2.00 bits per heavy atom. The molecule has 0 heterocycles. The van der Waals surface area contributed by atoms with E-state index in [1.54, 1.807) is 7.11 Å². The van der Waals surface area contributed by atoms with Gasteiger partial charge in [-0.1, -0.05) is 31.0 Å². The van der Waals surface area contributed by atoms with Crippen molar-refractivity contribution in [1.82, 2.24) is 5.32 Å². The number of nitrogens with one attached hydrogen (secondary N) is 1. The van der Waals surface area contributed by atoms with E-state index in [4.69, 9.17) is 4.74 Å². The van der Waals surface area contributed by atoms with Crippen LogP contribution in [-0.4, -0.2) is 13.2 Å². The molecule has 0 unspecified atom stereocenters. The summed E-state index contributed by atoms with van der Waals surface area (Å²) in [5.41, 5.74) is 1.25. The second-order valence-corrected chi connectivity index (χ2v) is 5.03. The minimum atomic E-state index is 0.613. The maximum atomic E-state index is 5.36. The topological polar surface area (TPSA) is 21.3 Å². The zero-order valence-electron chi connectivity index (χ0n) is 10.9. The van der Waals surface area contributed by atoms with Crippen LogP contribution in [0, 0.1) is 5.92 Å². The number of hydrogen-bond acceptors (Lipinski definition) is 2. The summed E-state index contributed by atoms with van der Waals surface area (Å²) in [6.45, 7) is 3.22. The highest BCUT2D eigenvalue weighted by atomic mass is 16.5. The van der Waals surface area contributed by atoms with Crippen molar-refractivity contribution < 1.29 is 4.74 Å². The first kappa shape index (κ1) is 12.4. The first-order chi connectivity index (χ1) is 8.31. The summed E-state index contributed by atoms with van der Waals surface area (Å²) in [5.74, 6) is 1.85. The van der Waals surface area contributed by atoms with Gasteiger partial charge in [-0.3, -0.25) is 0 Å². The highest BCUT2D eigenvalue weighted by molar-refractivity contribution is 5.33. The summed E-state index contributed by atoms with van der Waals surface area (Å²) >= 11 is 0. The third-order valence-electron chi connectivity index (χ3n) is 3.91. The van der Waals surface area contributed by atoms with E-state index in [0.29, 0.717) is 6.04 Å². The molecule has 2 heteroatoms. The highest BCUT2D eigenvalue weighted by Crippen LogP contribution is 2.28. The second-order valence-electron chi connectivity index (χ2n) is 5.03. The average molecular weight is 233 g/mol. The first-order valence-electron chi connectivity index (χ1n) is 6.66. The van der Waals surface area contributed by atoms with Crippen LogP contribution < -0.4 is 10.1 Å². The maximum Gasteiger partial charge on any atom is 0.123 e. The minimum absolute atomic E-state index is 0.613. The Bertz CT molecular complexity index is 345. The van der Waals surface area contributed by atoms with Gasteiger partial charge in [0.05, 0.1) is 7.11 Å². The normalized spacial score (nSPS) is 18.2. The summed E-state index contributed by atoms with van der Waals surface area (Å²) in [6.07, 6.45) is 5.59. The molecule has 2 rings (SSSR count). The molecule has 0 aromatic heterocycles. The van der Waals surface area contributed by atoms with E-state index in [2.05, 4.69) is 24.4 Å². The van der Waals surface area contributed by atoms with Gasteiger partial charge in [-0.25, -0.2) is 0 Å². The molecular formula is C15H23NO. The summed E-state index contributed by atoms with van der Waals surface area (Å²) in [6, 6.07) is 8.86. The molecule has 17 heavy (non-hydrogen) atoms. The largest absolute Gasteiger partial charge is 0.496 e. The van der Waals surface area contributed by atoms with Crippen LogP contribution in [0.4, 0.5) is 0 Å². The van der Waals surface area contributed by atoms with Crippen molar-refractivity contribution in [2.24, 2.45) is 5.92 Å². The van der Waals surface area contributed by atoms with Crippen LogP contribution in [0.25, 0.3) is 0 Å². The summed E-state index contributed by atoms with van der Waals surface area (Å²) in [5, 5.41) is 3.64. The van der Waals surface area contributed by atoms with Crippen molar-refractivity contribution in [1.29, 1.82) is 0 Å². The lowest BCUT2D eigenvalue weighted by molar-refractivity contribution is 0.371. The molecule has 1 aromatic carbocycles. The quantitative estimate of drug-likeness (QED) is 0.842. The van der Waals surface area contributed by atoms with Gasteiger partial charge < -0.3 is 10.1 Å². The Balaban J connectivity index is 1.88. The van der Waals surface area contributed by atoms with E-state index in [-0.39, 0.29) is 0 Å². The zero-order chi connectivity index (χ0) is 12.1. The molecule has 0 aliphatic heterocycles. The van der Waals surface area contributed by atoms with Gasteiger partial charge in [-0.15, -0.1) is 0 Å². The van der Waals surface area contributed by atoms with Gasteiger partial charge in [-0.2, -0.15) is 0 Å². The fraction of sp³-hybridized carbons (Fsp3) is 0.600. The molecule has 1 fully saturated rings. The standard InChI is InChI=1S/C15H23NO/c1-12(13-7-3-4-8-13)16-11-14-9-5-6-10-15(14)17-2/h5-6,9-10,12-13,16H,3-4,7-8,11H2,1-2H3/t12-/m1/s1. The Morgan fingerprint density at radius 3 is 2.71 bits per heavy atom. The van der Waals surface area contributed by atoms with E-state index in [1.807, 2.05) is 12.1 Å². The van der Waals surface area contributed by atoms with Gasteiger partial charge in [0.2, 0.25) is 0 Å². The maximum absolute atomic E-state index is 5.36. The Morgan fingerprint density at radius 1 is 1.29 bits per heavy atom. The van der Waals surface area contributed by atoms with Crippen LogP contribution in [0.5, 0.6) is 5.75 Å². The monoisotopic (exact) mass is 233 g/mol. The van der Waals surface area contributed by atoms with Gasteiger partial charge >= 0.3 is 0 Å². The molecule has 94 valence electrons. The molecule has 0 amide bonds. The van der Waals surface area contributed by atoms with Crippen molar-refractivity contribution in [3.63, 3.8) is 0 Å². The number of rotatable bonds is 5. The van der Waals surface area contributed by atoms with Gasteiger partial charge in [0.15, 0.2) is 0 Å². The minimum Gasteiger partial charge on any atom is -0.496 e. The molecule has 0 saturated heterocycles. The summed E-state index contributed by atoms with van der Waals surface area (Å²) in [7, 11) is 1.74. The zero-order valence-corrected chi connectivity index (χ0v) is 10.9. The molecule has 1 saturated carbocycles. The predicted molar refractivity (Wildman–Crippen MR) is 71.3 cm³/mol. The first-order valence-corrected chi connectivity index (χ1v) is 6.66. The molecule has 1 atom stereocenters. The lowest BCUT2D eigenvalue weighted by Crippen LogP contribution is -2.31. The summed E-state index contributed by atoms with van der Waals surface area (Å²) < 4.78 is 5.36. The predicted octanol–water partition coefficient (Wildman–Crippen LogP) is 3.36. The van der Waals surface area contributed by atoms with E-state index >= 15 is 0 Å². The molecule has 1 aliphatic rings. The molecular weight excluding hydrogens is 210 g/mol. The SMILES string of the molecule is COc1ccccc1CN[C@H](C)C1CCCC1. The number of methoxy groups -OCH3 is 1. The number of benzene rings is 1. The van der Waals surface area contributed by atoms with Crippen LogP contribution in [0.15, 0.2) is 24.3 Å². The molecule has 1 aromatic rings. The lowest BCUT2D eigenvalue weighted by Gasteiger charge is -2.21. The number of hydrogen-bond donors (Lipinski definition) is 1. The molecule has 0 spiro atoms. The Hall–Kier alpha value is -1.02. The van der Waals surface area contributed by atoms with Gasteiger partial charge in [0.1, 0.15) is 5.75 Å². The van der Waals surface area contributed by atoms with Crippen LogP contribution in [-0.2, 0) is 6.54 Å². The molecule has 0 radical (unpaired) electrons. The fourth-order valence-corrected chi connectivity index (χ4v) is 2.74. The Labute approximate surface area is 104 Å². The van der Waals surface area contributed by atoms with Crippen molar-refractivity contribution in [3.05, 3.63) is 29.8 Å². The van der Waals surface area contributed by atoms with E-state index < -0.39 is 0 Å². The number of ether oxygens (including phenoxy) is 1. The van der Waals surface area contributed by atoms with Gasteiger partial charge in [0.25, 0.3) is 0 Å². The van der Waals surface area contributed by atoms with Crippen molar-refractivity contribution in [2.75, 3.05) is 7.11 Å². The van der Waals surface area contributed by atoms with Crippen LogP contribution in [0.2, 0.25) is 0 Å². The van der Waals surface area contributed by atoms with Crippen molar-refractivity contribution in [2.45, 2.75) is 45.2 Å². The van der Waals surface area contributed by atoms with Crippen LogP contribution in [0.3, 0.4) is 0 Å². The van der Waals surface area contributed by atoms with E-state index in [9.17, 15) is 0 Å². The van der Waals surface area contributed by atoms with Crippen molar-refractivity contribution >= 4 is 0 Å².